The van der Waals surface area contributed by atoms with Crippen molar-refractivity contribution >= 4 is 23.6 Å². The van der Waals surface area contributed by atoms with Gasteiger partial charge >= 0.3 is 0 Å². The molecule has 1 atom stereocenters. The van der Waals surface area contributed by atoms with Crippen LogP contribution < -0.4 is 19.7 Å². The minimum Gasteiger partial charge on any atom is -0.486 e. The number of hydrogen-bond acceptors (Lipinski definition) is 8. The molecule has 2 aliphatic heterocycles. The van der Waals surface area contributed by atoms with Gasteiger partial charge in [-0.1, -0.05) is 17.8 Å². The van der Waals surface area contributed by atoms with E-state index in [-0.39, 0.29) is 17.7 Å². The number of anilines is 1. The van der Waals surface area contributed by atoms with Crippen molar-refractivity contribution < 1.29 is 18.7 Å². The van der Waals surface area contributed by atoms with E-state index in [0.717, 1.165) is 54.7 Å². The van der Waals surface area contributed by atoms with Gasteiger partial charge in [0.05, 0.1) is 24.6 Å². The average molecular weight is 484 g/mol. The van der Waals surface area contributed by atoms with Crippen molar-refractivity contribution in [1.82, 2.24) is 20.1 Å². The molecular formula is C24H29N5O4S. The van der Waals surface area contributed by atoms with E-state index >= 15 is 0 Å². The molecule has 0 saturated carbocycles. The largest absolute Gasteiger partial charge is 0.486 e. The van der Waals surface area contributed by atoms with E-state index in [1.165, 1.54) is 18.2 Å². The number of piperidine rings is 1. The summed E-state index contributed by atoms with van der Waals surface area (Å²) in [6, 6.07) is 9.43. The fraction of sp³-hybridized carbons (Fsp3) is 0.458. The van der Waals surface area contributed by atoms with E-state index in [4.69, 9.17) is 13.9 Å². The highest BCUT2D eigenvalue weighted by molar-refractivity contribution is 7.99. The van der Waals surface area contributed by atoms with Crippen molar-refractivity contribution in [3.8, 4) is 11.5 Å². The molecule has 1 unspecified atom stereocenters. The van der Waals surface area contributed by atoms with Gasteiger partial charge in [-0.15, -0.1) is 10.2 Å². The Kier molecular flexibility index (Phi) is 6.94. The van der Waals surface area contributed by atoms with E-state index < -0.39 is 0 Å². The standard InChI is InChI=1S/C24H29N5O4S/c1-17(18-7-8-20-21(14-18)33-13-12-32-20)25-22(30)16-34-24-27-26-23(28-9-3-2-4-10-28)29(24)15-19-6-5-11-31-19/h5-8,11,14,17H,2-4,9-10,12-13,15-16H2,1H3,(H,25,30). The molecule has 5 rings (SSSR count). The third kappa shape index (κ3) is 5.16. The first-order valence-electron chi connectivity index (χ1n) is 11.7. The highest BCUT2D eigenvalue weighted by Gasteiger charge is 2.22. The van der Waals surface area contributed by atoms with Crippen molar-refractivity contribution in [1.29, 1.82) is 0 Å². The second-order valence-corrected chi connectivity index (χ2v) is 9.42. The molecule has 4 heterocycles. The van der Waals surface area contributed by atoms with Crippen LogP contribution >= 0.6 is 11.8 Å². The van der Waals surface area contributed by atoms with E-state index in [9.17, 15) is 4.79 Å². The fourth-order valence-corrected chi connectivity index (χ4v) is 4.98. The van der Waals surface area contributed by atoms with Crippen LogP contribution in [0.5, 0.6) is 11.5 Å². The van der Waals surface area contributed by atoms with E-state index in [0.29, 0.717) is 24.9 Å². The number of hydrogen-bond donors (Lipinski definition) is 1. The number of nitrogens with one attached hydrogen (secondary N) is 1. The molecule has 2 aliphatic rings. The second kappa shape index (κ2) is 10.4. The van der Waals surface area contributed by atoms with Gasteiger partial charge in [-0.3, -0.25) is 9.36 Å². The Balaban J connectivity index is 1.24. The molecule has 2 aromatic heterocycles. The third-order valence-corrected chi connectivity index (χ3v) is 6.97. The van der Waals surface area contributed by atoms with Crippen LogP contribution in [0.15, 0.2) is 46.2 Å². The van der Waals surface area contributed by atoms with Crippen LogP contribution in [0.4, 0.5) is 5.95 Å². The summed E-state index contributed by atoms with van der Waals surface area (Å²) in [5, 5.41) is 12.7. The molecule has 1 fully saturated rings. The molecule has 1 saturated heterocycles. The molecule has 0 bridgehead atoms. The number of carbonyl (C=O) groups excluding carboxylic acids is 1. The highest BCUT2D eigenvalue weighted by atomic mass is 32.2. The Bertz CT molecular complexity index is 1110. The SMILES string of the molecule is CC(NC(=O)CSc1nnc(N2CCCCC2)n1Cc1ccco1)c1ccc2c(c1)OCCO2. The van der Waals surface area contributed by atoms with Crippen molar-refractivity contribution in [2.24, 2.45) is 0 Å². The first-order valence-corrected chi connectivity index (χ1v) is 12.7. The summed E-state index contributed by atoms with van der Waals surface area (Å²) in [6.45, 7) is 5.51. The van der Waals surface area contributed by atoms with Crippen LogP contribution in [0.3, 0.4) is 0 Å². The smallest absolute Gasteiger partial charge is 0.230 e. The number of thioether (sulfide) groups is 1. The lowest BCUT2D eigenvalue weighted by Crippen LogP contribution is -2.32. The maximum atomic E-state index is 12.8. The van der Waals surface area contributed by atoms with E-state index in [1.54, 1.807) is 6.26 Å². The van der Waals surface area contributed by atoms with Gasteiger partial charge in [0.2, 0.25) is 11.9 Å². The molecule has 0 spiro atoms. The Hall–Kier alpha value is -3.14. The first kappa shape index (κ1) is 22.6. The number of fused-ring (bicyclic) bond motifs is 1. The molecule has 10 heteroatoms. The maximum absolute atomic E-state index is 12.8. The summed E-state index contributed by atoms with van der Waals surface area (Å²) in [4.78, 5) is 15.0. The van der Waals surface area contributed by atoms with Gasteiger partial charge in [0, 0.05) is 13.1 Å². The predicted octanol–water partition coefficient (Wildman–Crippen LogP) is 3.65. The maximum Gasteiger partial charge on any atom is 0.230 e. The summed E-state index contributed by atoms with van der Waals surface area (Å²) < 4.78 is 18.9. The zero-order valence-electron chi connectivity index (χ0n) is 19.2. The lowest BCUT2D eigenvalue weighted by molar-refractivity contribution is -0.119. The number of ether oxygens (including phenoxy) is 2. The van der Waals surface area contributed by atoms with Crippen LogP contribution in [0, 0.1) is 0 Å². The molecule has 1 amide bonds. The number of aromatic nitrogens is 3. The first-order chi connectivity index (χ1) is 16.7. The van der Waals surface area contributed by atoms with Crippen LogP contribution in [-0.2, 0) is 11.3 Å². The topological polar surface area (TPSA) is 94.7 Å². The minimum atomic E-state index is -0.158. The number of nitrogens with zero attached hydrogens (tertiary/aromatic N) is 4. The minimum absolute atomic E-state index is 0.0699. The molecule has 3 aromatic rings. The Morgan fingerprint density at radius 3 is 2.74 bits per heavy atom. The van der Waals surface area contributed by atoms with Crippen molar-refractivity contribution in [2.45, 2.75) is 43.9 Å². The fourth-order valence-electron chi connectivity index (χ4n) is 4.24. The zero-order chi connectivity index (χ0) is 23.3. The monoisotopic (exact) mass is 483 g/mol. The molecule has 34 heavy (non-hydrogen) atoms. The Morgan fingerprint density at radius 2 is 1.94 bits per heavy atom. The number of carbonyl (C=O) groups is 1. The quantitative estimate of drug-likeness (QED) is 0.485. The van der Waals surface area contributed by atoms with Crippen LogP contribution in [0.25, 0.3) is 0 Å². The number of rotatable bonds is 8. The molecule has 9 nitrogen and oxygen atoms in total. The summed E-state index contributed by atoms with van der Waals surface area (Å²) in [5.74, 6) is 3.30. The van der Waals surface area contributed by atoms with Gasteiger partial charge < -0.3 is 24.1 Å². The van der Waals surface area contributed by atoms with Gasteiger partial charge in [-0.05, 0) is 56.0 Å². The predicted molar refractivity (Wildman–Crippen MR) is 129 cm³/mol. The van der Waals surface area contributed by atoms with Crippen LogP contribution in [0.1, 0.15) is 43.6 Å². The Labute approximate surface area is 202 Å². The number of furan rings is 1. The molecule has 180 valence electrons. The highest BCUT2D eigenvalue weighted by Crippen LogP contribution is 2.32. The summed E-state index contributed by atoms with van der Waals surface area (Å²) in [5.41, 5.74) is 0.968. The lowest BCUT2D eigenvalue weighted by atomic mass is 10.1. The van der Waals surface area contributed by atoms with Crippen LogP contribution in [-0.4, -0.2) is 52.7 Å². The molecule has 1 aromatic carbocycles. The van der Waals surface area contributed by atoms with Gasteiger partial charge in [-0.25, -0.2) is 0 Å². The number of benzene rings is 1. The summed E-state index contributed by atoms with van der Waals surface area (Å²) in [7, 11) is 0. The summed E-state index contributed by atoms with van der Waals surface area (Å²) in [6.07, 6.45) is 5.21. The molecular weight excluding hydrogens is 454 g/mol. The number of amides is 1. The third-order valence-electron chi connectivity index (χ3n) is 6.01. The van der Waals surface area contributed by atoms with Gasteiger partial charge in [0.15, 0.2) is 16.7 Å². The van der Waals surface area contributed by atoms with Crippen molar-refractivity contribution in [3.05, 3.63) is 47.9 Å². The second-order valence-electron chi connectivity index (χ2n) is 8.48. The normalized spacial score (nSPS) is 16.3. The van der Waals surface area contributed by atoms with Crippen LogP contribution in [0.2, 0.25) is 0 Å². The summed E-state index contributed by atoms with van der Waals surface area (Å²) >= 11 is 1.39. The lowest BCUT2D eigenvalue weighted by Gasteiger charge is -2.27. The Morgan fingerprint density at radius 1 is 1.12 bits per heavy atom. The zero-order valence-corrected chi connectivity index (χ0v) is 20.1. The molecule has 0 aliphatic carbocycles. The van der Waals surface area contributed by atoms with E-state index in [2.05, 4.69) is 20.4 Å². The van der Waals surface area contributed by atoms with Crippen molar-refractivity contribution in [2.75, 3.05) is 37.0 Å². The van der Waals surface area contributed by atoms with Gasteiger partial charge in [-0.2, -0.15) is 0 Å². The van der Waals surface area contributed by atoms with Gasteiger partial charge in [0.1, 0.15) is 19.0 Å². The molecule has 1 N–H and O–H groups in total. The van der Waals surface area contributed by atoms with Gasteiger partial charge in [0.25, 0.3) is 0 Å². The average Bonchev–Trinajstić information content (AvgIpc) is 3.53. The molecule has 0 radical (unpaired) electrons. The van der Waals surface area contributed by atoms with Crippen molar-refractivity contribution in [3.63, 3.8) is 0 Å². The van der Waals surface area contributed by atoms with E-state index in [1.807, 2.05) is 41.8 Å².